The molecule has 1 N–H and O–H groups in total. The molecule has 0 aliphatic rings. The molecular weight excluding hydrogens is 196 g/mol. The van der Waals surface area contributed by atoms with Gasteiger partial charge in [-0.05, 0) is 24.6 Å². The average molecular weight is 206 g/mol. The predicted molar refractivity (Wildman–Crippen MR) is 50.7 cm³/mol. The van der Waals surface area contributed by atoms with E-state index in [1.807, 2.05) is 6.92 Å². The summed E-state index contributed by atoms with van der Waals surface area (Å²) in [7, 11) is 0. The zero-order valence-electron chi connectivity index (χ0n) is 7.15. The highest BCUT2D eigenvalue weighted by Crippen LogP contribution is 2.19. The number of rotatable bonds is 3. The van der Waals surface area contributed by atoms with Crippen LogP contribution >= 0.6 is 11.6 Å². The highest BCUT2D eigenvalue weighted by atomic mass is 35.5. The van der Waals surface area contributed by atoms with Crippen molar-refractivity contribution in [3.63, 3.8) is 0 Å². The van der Waals surface area contributed by atoms with Crippen molar-refractivity contribution >= 4 is 17.3 Å². The van der Waals surface area contributed by atoms with Gasteiger partial charge in [0.15, 0.2) is 0 Å². The van der Waals surface area contributed by atoms with Gasteiger partial charge in [-0.3, -0.25) is 0 Å². The van der Waals surface area contributed by atoms with Gasteiger partial charge in [0.25, 0.3) is 6.43 Å². The van der Waals surface area contributed by atoms with Gasteiger partial charge < -0.3 is 5.32 Å². The first-order valence-corrected chi connectivity index (χ1v) is 4.25. The maximum Gasteiger partial charge on any atom is 0.255 e. The Morgan fingerprint density at radius 3 is 2.69 bits per heavy atom. The molecule has 0 spiro atoms. The van der Waals surface area contributed by atoms with Crippen LogP contribution in [0.5, 0.6) is 0 Å². The highest BCUT2D eigenvalue weighted by Gasteiger charge is 2.02. The van der Waals surface area contributed by atoms with Crippen LogP contribution in [0.2, 0.25) is 5.02 Å². The van der Waals surface area contributed by atoms with Gasteiger partial charge in [0, 0.05) is 10.7 Å². The molecular formula is C9H10ClF2N. The molecule has 1 nitrogen and oxygen atoms in total. The molecule has 0 bridgehead atoms. The standard InChI is InChI=1S/C9H10ClF2N/c1-6-2-3-7(4-8(6)10)13-5-9(11)12/h2-4,9,13H,5H2,1H3. The molecule has 0 saturated carbocycles. The Balaban J connectivity index is 2.63. The van der Waals surface area contributed by atoms with E-state index in [2.05, 4.69) is 5.32 Å². The van der Waals surface area contributed by atoms with Crippen molar-refractivity contribution in [1.29, 1.82) is 0 Å². The van der Waals surface area contributed by atoms with Crippen LogP contribution in [0.3, 0.4) is 0 Å². The molecule has 0 radical (unpaired) electrons. The molecule has 1 aromatic carbocycles. The van der Waals surface area contributed by atoms with Crippen molar-refractivity contribution in [2.24, 2.45) is 0 Å². The number of alkyl halides is 2. The van der Waals surface area contributed by atoms with Crippen LogP contribution in [0.1, 0.15) is 5.56 Å². The van der Waals surface area contributed by atoms with E-state index >= 15 is 0 Å². The van der Waals surface area contributed by atoms with Crippen LogP contribution in [-0.2, 0) is 0 Å². The fourth-order valence-corrected chi connectivity index (χ4v) is 1.08. The Morgan fingerprint density at radius 1 is 1.46 bits per heavy atom. The van der Waals surface area contributed by atoms with E-state index in [0.717, 1.165) is 5.56 Å². The number of aryl methyl sites for hydroxylation is 1. The van der Waals surface area contributed by atoms with Crippen LogP contribution in [0, 0.1) is 6.92 Å². The second-order valence-corrected chi connectivity index (χ2v) is 3.14. The SMILES string of the molecule is Cc1ccc(NCC(F)F)cc1Cl. The number of anilines is 1. The summed E-state index contributed by atoms with van der Waals surface area (Å²) in [5.74, 6) is 0. The van der Waals surface area contributed by atoms with E-state index in [-0.39, 0.29) is 6.54 Å². The lowest BCUT2D eigenvalue weighted by atomic mass is 10.2. The lowest BCUT2D eigenvalue weighted by molar-refractivity contribution is 0.163. The molecule has 0 saturated heterocycles. The minimum atomic E-state index is -2.35. The van der Waals surface area contributed by atoms with Crippen molar-refractivity contribution in [1.82, 2.24) is 0 Å². The summed E-state index contributed by atoms with van der Waals surface area (Å²) in [5.41, 5.74) is 1.56. The van der Waals surface area contributed by atoms with E-state index in [0.29, 0.717) is 10.7 Å². The summed E-state index contributed by atoms with van der Waals surface area (Å²) in [6.45, 7) is 1.51. The zero-order chi connectivity index (χ0) is 9.84. The van der Waals surface area contributed by atoms with Gasteiger partial charge in [-0.25, -0.2) is 8.78 Å². The van der Waals surface area contributed by atoms with E-state index in [1.165, 1.54) is 0 Å². The lowest BCUT2D eigenvalue weighted by Crippen LogP contribution is -2.09. The van der Waals surface area contributed by atoms with E-state index in [9.17, 15) is 8.78 Å². The first kappa shape index (κ1) is 10.3. The lowest BCUT2D eigenvalue weighted by Gasteiger charge is -2.06. The minimum Gasteiger partial charge on any atom is -0.379 e. The van der Waals surface area contributed by atoms with E-state index < -0.39 is 6.43 Å². The van der Waals surface area contributed by atoms with Gasteiger partial charge in [-0.2, -0.15) is 0 Å². The molecule has 0 unspecified atom stereocenters. The van der Waals surface area contributed by atoms with E-state index in [4.69, 9.17) is 11.6 Å². The molecule has 0 aliphatic carbocycles. The van der Waals surface area contributed by atoms with Gasteiger partial charge in [0.1, 0.15) is 0 Å². The number of nitrogens with one attached hydrogen (secondary N) is 1. The van der Waals surface area contributed by atoms with Gasteiger partial charge >= 0.3 is 0 Å². The smallest absolute Gasteiger partial charge is 0.255 e. The van der Waals surface area contributed by atoms with Crippen molar-refractivity contribution in [2.75, 3.05) is 11.9 Å². The van der Waals surface area contributed by atoms with Crippen LogP contribution < -0.4 is 5.32 Å². The average Bonchev–Trinajstić information content (AvgIpc) is 2.07. The van der Waals surface area contributed by atoms with Gasteiger partial charge in [-0.15, -0.1) is 0 Å². The summed E-state index contributed by atoms with van der Waals surface area (Å²) in [6, 6.07) is 5.15. The van der Waals surface area contributed by atoms with Gasteiger partial charge in [0.05, 0.1) is 6.54 Å². The summed E-state index contributed by atoms with van der Waals surface area (Å²) >= 11 is 5.80. The molecule has 72 valence electrons. The van der Waals surface area contributed by atoms with Crippen LogP contribution in [0.25, 0.3) is 0 Å². The van der Waals surface area contributed by atoms with Gasteiger partial charge in [-0.1, -0.05) is 17.7 Å². The second kappa shape index (κ2) is 4.42. The molecule has 4 heteroatoms. The predicted octanol–water partition coefficient (Wildman–Crippen LogP) is 3.33. The Labute approximate surface area is 80.7 Å². The largest absolute Gasteiger partial charge is 0.379 e. The van der Waals surface area contributed by atoms with Crippen LogP contribution in [0.4, 0.5) is 14.5 Å². The molecule has 1 aromatic rings. The molecule has 1 rings (SSSR count). The normalized spacial score (nSPS) is 10.5. The van der Waals surface area contributed by atoms with Crippen molar-refractivity contribution in [3.8, 4) is 0 Å². The highest BCUT2D eigenvalue weighted by molar-refractivity contribution is 6.31. The number of halogens is 3. The molecule has 13 heavy (non-hydrogen) atoms. The Bertz CT molecular complexity index is 289. The number of hydrogen-bond donors (Lipinski definition) is 1. The summed E-state index contributed by atoms with van der Waals surface area (Å²) in [4.78, 5) is 0. The number of benzene rings is 1. The fraction of sp³-hybridized carbons (Fsp3) is 0.333. The summed E-state index contributed by atoms with van der Waals surface area (Å²) in [6.07, 6.45) is -2.35. The topological polar surface area (TPSA) is 12.0 Å². The van der Waals surface area contributed by atoms with Gasteiger partial charge in [0.2, 0.25) is 0 Å². The minimum absolute atomic E-state index is 0.348. The Morgan fingerprint density at radius 2 is 2.15 bits per heavy atom. The third-order valence-corrected chi connectivity index (χ3v) is 2.04. The monoisotopic (exact) mass is 205 g/mol. The van der Waals surface area contributed by atoms with Crippen molar-refractivity contribution in [2.45, 2.75) is 13.3 Å². The molecule has 0 aromatic heterocycles. The maximum atomic E-state index is 11.8. The first-order valence-electron chi connectivity index (χ1n) is 3.88. The maximum absolute atomic E-state index is 11.8. The summed E-state index contributed by atoms with van der Waals surface area (Å²) in [5, 5.41) is 3.16. The molecule has 0 fully saturated rings. The summed E-state index contributed by atoms with van der Waals surface area (Å²) < 4.78 is 23.6. The molecule has 0 heterocycles. The molecule has 0 atom stereocenters. The van der Waals surface area contributed by atoms with Crippen LogP contribution in [-0.4, -0.2) is 13.0 Å². The van der Waals surface area contributed by atoms with E-state index in [1.54, 1.807) is 18.2 Å². The number of hydrogen-bond acceptors (Lipinski definition) is 1. The quantitative estimate of drug-likeness (QED) is 0.798. The van der Waals surface area contributed by atoms with Crippen LogP contribution in [0.15, 0.2) is 18.2 Å². The third-order valence-electron chi connectivity index (χ3n) is 1.63. The zero-order valence-corrected chi connectivity index (χ0v) is 7.91. The first-order chi connectivity index (χ1) is 6.09. The fourth-order valence-electron chi connectivity index (χ4n) is 0.898. The Hall–Kier alpha value is -0.830. The Kier molecular flexibility index (Phi) is 3.48. The second-order valence-electron chi connectivity index (χ2n) is 2.74. The van der Waals surface area contributed by atoms with Crippen molar-refractivity contribution in [3.05, 3.63) is 28.8 Å². The molecule has 0 aliphatic heterocycles. The van der Waals surface area contributed by atoms with Crippen molar-refractivity contribution < 1.29 is 8.78 Å². The third kappa shape index (κ3) is 3.19. The molecule has 0 amide bonds.